The Morgan fingerprint density at radius 2 is 2.11 bits per heavy atom. The van der Waals surface area contributed by atoms with Crippen molar-refractivity contribution in [3.05, 3.63) is 15.6 Å². The average molecular weight is 269 g/mol. The number of ether oxygens (including phenoxy) is 1. The number of carbonyl (C=O) groups is 1. The zero-order valence-corrected chi connectivity index (χ0v) is 11.7. The fraction of sp³-hybridized carbons (Fsp3) is 0.692. The summed E-state index contributed by atoms with van der Waals surface area (Å²) in [5.74, 6) is -0.875. The molecule has 1 fully saturated rings. The second-order valence-electron chi connectivity index (χ2n) is 4.59. The number of rotatable bonds is 5. The molecule has 1 heterocycles. The fourth-order valence-electron chi connectivity index (χ4n) is 2.60. The highest BCUT2D eigenvalue weighted by atomic mass is 32.1. The highest BCUT2D eigenvalue weighted by molar-refractivity contribution is 7.13. The summed E-state index contributed by atoms with van der Waals surface area (Å²) in [6.45, 7) is 4.56. The van der Waals surface area contributed by atoms with E-state index in [9.17, 15) is 9.90 Å². The standard InChI is InChI=1S/C13H19NO3S/c1-3-9-10(11(15)16)18-12(14-9)13(17-4-2)7-5-6-8-13/h3-8H2,1-2H3,(H,15,16). The summed E-state index contributed by atoms with van der Waals surface area (Å²) in [4.78, 5) is 16.1. The zero-order valence-electron chi connectivity index (χ0n) is 10.9. The molecule has 4 nitrogen and oxygen atoms in total. The van der Waals surface area contributed by atoms with E-state index < -0.39 is 5.97 Å². The van der Waals surface area contributed by atoms with Crippen molar-refractivity contribution in [1.29, 1.82) is 0 Å². The van der Waals surface area contributed by atoms with Crippen LogP contribution in [0.5, 0.6) is 0 Å². The van der Waals surface area contributed by atoms with Crippen molar-refractivity contribution in [2.45, 2.75) is 51.6 Å². The molecule has 5 heteroatoms. The number of hydrogen-bond donors (Lipinski definition) is 1. The van der Waals surface area contributed by atoms with Gasteiger partial charge in [0.25, 0.3) is 0 Å². The second kappa shape index (κ2) is 5.36. The molecule has 0 radical (unpaired) electrons. The Hall–Kier alpha value is -0.940. The molecule has 0 atom stereocenters. The smallest absolute Gasteiger partial charge is 0.347 e. The van der Waals surface area contributed by atoms with Crippen LogP contribution in [0.4, 0.5) is 0 Å². The van der Waals surface area contributed by atoms with E-state index in [2.05, 4.69) is 4.98 Å². The lowest BCUT2D eigenvalue weighted by Crippen LogP contribution is -2.26. The summed E-state index contributed by atoms with van der Waals surface area (Å²) in [7, 11) is 0. The van der Waals surface area contributed by atoms with Crippen molar-refractivity contribution in [3.63, 3.8) is 0 Å². The predicted octanol–water partition coefficient (Wildman–Crippen LogP) is 3.21. The molecule has 0 amide bonds. The fourth-order valence-corrected chi connectivity index (χ4v) is 3.79. The molecule has 0 aliphatic heterocycles. The van der Waals surface area contributed by atoms with Crippen molar-refractivity contribution in [1.82, 2.24) is 4.98 Å². The summed E-state index contributed by atoms with van der Waals surface area (Å²) >= 11 is 1.29. The van der Waals surface area contributed by atoms with E-state index in [0.29, 0.717) is 23.6 Å². The minimum atomic E-state index is -0.875. The number of aromatic nitrogens is 1. The van der Waals surface area contributed by atoms with Crippen LogP contribution in [0.25, 0.3) is 0 Å². The normalized spacial score (nSPS) is 18.1. The van der Waals surface area contributed by atoms with Crippen LogP contribution >= 0.6 is 11.3 Å². The van der Waals surface area contributed by atoms with Crippen LogP contribution in [0.2, 0.25) is 0 Å². The molecule has 1 aliphatic carbocycles. The molecule has 1 N–H and O–H groups in total. The Bertz CT molecular complexity index is 435. The van der Waals surface area contributed by atoms with Gasteiger partial charge in [-0.15, -0.1) is 11.3 Å². The van der Waals surface area contributed by atoms with Crippen molar-refractivity contribution in [2.24, 2.45) is 0 Å². The SMILES string of the molecule is CCOC1(c2nc(CC)c(C(=O)O)s2)CCCC1. The van der Waals surface area contributed by atoms with Crippen molar-refractivity contribution < 1.29 is 14.6 Å². The lowest BCUT2D eigenvalue weighted by atomic mass is 10.0. The molecule has 2 rings (SSSR count). The van der Waals surface area contributed by atoms with Gasteiger partial charge in [-0.2, -0.15) is 0 Å². The first-order valence-corrected chi connectivity index (χ1v) is 7.32. The summed E-state index contributed by atoms with van der Waals surface area (Å²) < 4.78 is 5.92. The molecular weight excluding hydrogens is 250 g/mol. The van der Waals surface area contributed by atoms with E-state index >= 15 is 0 Å². The molecule has 1 saturated carbocycles. The van der Waals surface area contributed by atoms with Gasteiger partial charge in [0, 0.05) is 6.61 Å². The topological polar surface area (TPSA) is 59.4 Å². The first-order chi connectivity index (χ1) is 8.63. The highest BCUT2D eigenvalue weighted by Crippen LogP contribution is 2.44. The van der Waals surface area contributed by atoms with E-state index in [4.69, 9.17) is 4.74 Å². The van der Waals surface area contributed by atoms with Gasteiger partial charge in [0.05, 0.1) is 5.69 Å². The molecule has 1 aromatic rings. The Morgan fingerprint density at radius 1 is 1.44 bits per heavy atom. The van der Waals surface area contributed by atoms with Gasteiger partial charge in [-0.3, -0.25) is 0 Å². The molecule has 1 aliphatic rings. The van der Waals surface area contributed by atoms with Crippen molar-refractivity contribution >= 4 is 17.3 Å². The molecule has 0 bridgehead atoms. The first kappa shape index (κ1) is 13.5. The Kier molecular flexibility index (Phi) is 4.02. The Labute approximate surface area is 111 Å². The maximum Gasteiger partial charge on any atom is 0.347 e. The van der Waals surface area contributed by atoms with Crippen LogP contribution in [-0.4, -0.2) is 22.7 Å². The number of thiazole rings is 1. The summed E-state index contributed by atoms with van der Waals surface area (Å²) in [5, 5.41) is 10.1. The maximum absolute atomic E-state index is 11.2. The largest absolute Gasteiger partial charge is 0.477 e. The summed E-state index contributed by atoms with van der Waals surface area (Å²) in [6, 6.07) is 0. The quantitative estimate of drug-likeness (QED) is 0.891. The van der Waals surface area contributed by atoms with Gasteiger partial charge in [-0.25, -0.2) is 9.78 Å². The van der Waals surface area contributed by atoms with Crippen LogP contribution in [0.1, 0.15) is 59.9 Å². The molecule has 18 heavy (non-hydrogen) atoms. The number of nitrogens with zero attached hydrogens (tertiary/aromatic N) is 1. The van der Waals surface area contributed by atoms with Crippen LogP contribution in [0.15, 0.2) is 0 Å². The van der Waals surface area contributed by atoms with E-state index in [1.54, 1.807) is 0 Å². The van der Waals surface area contributed by atoms with Gasteiger partial charge in [-0.1, -0.05) is 19.8 Å². The van der Waals surface area contributed by atoms with Crippen molar-refractivity contribution in [3.8, 4) is 0 Å². The van der Waals surface area contributed by atoms with Crippen LogP contribution in [-0.2, 0) is 16.8 Å². The second-order valence-corrected chi connectivity index (χ2v) is 5.59. The minimum Gasteiger partial charge on any atom is -0.477 e. The molecule has 0 spiro atoms. The van der Waals surface area contributed by atoms with Crippen LogP contribution < -0.4 is 0 Å². The molecule has 1 aromatic heterocycles. The van der Waals surface area contributed by atoms with Crippen molar-refractivity contribution in [2.75, 3.05) is 6.61 Å². The third-order valence-corrected chi connectivity index (χ3v) is 4.72. The van der Waals surface area contributed by atoms with Crippen LogP contribution in [0.3, 0.4) is 0 Å². The van der Waals surface area contributed by atoms with E-state index in [-0.39, 0.29) is 5.60 Å². The lowest BCUT2D eigenvalue weighted by Gasteiger charge is -2.26. The maximum atomic E-state index is 11.2. The molecular formula is C13H19NO3S. The van der Waals surface area contributed by atoms with Gasteiger partial charge in [-0.05, 0) is 26.2 Å². The monoisotopic (exact) mass is 269 g/mol. The molecule has 0 aromatic carbocycles. The number of hydrogen-bond acceptors (Lipinski definition) is 4. The Morgan fingerprint density at radius 3 is 2.56 bits per heavy atom. The van der Waals surface area contributed by atoms with Gasteiger partial charge < -0.3 is 9.84 Å². The lowest BCUT2D eigenvalue weighted by molar-refractivity contribution is -0.0392. The van der Waals surface area contributed by atoms with Crippen LogP contribution in [0, 0.1) is 0 Å². The van der Waals surface area contributed by atoms with E-state index in [0.717, 1.165) is 30.7 Å². The van der Waals surface area contributed by atoms with E-state index in [1.165, 1.54) is 11.3 Å². The molecule has 0 saturated heterocycles. The number of carboxylic acids is 1. The molecule has 100 valence electrons. The minimum absolute atomic E-state index is 0.322. The first-order valence-electron chi connectivity index (χ1n) is 6.50. The van der Waals surface area contributed by atoms with E-state index in [1.807, 2.05) is 13.8 Å². The Balaban J connectivity index is 2.39. The average Bonchev–Trinajstić information content (AvgIpc) is 2.95. The third kappa shape index (κ3) is 2.29. The summed E-state index contributed by atoms with van der Waals surface area (Å²) in [6.07, 6.45) is 4.82. The van der Waals surface area contributed by atoms with Gasteiger partial charge in [0.2, 0.25) is 0 Å². The number of carboxylic acid groups (broad SMARTS) is 1. The summed E-state index contributed by atoms with van der Waals surface area (Å²) in [5.41, 5.74) is 0.366. The van der Waals surface area contributed by atoms with Gasteiger partial charge in [0.15, 0.2) is 0 Å². The molecule has 0 unspecified atom stereocenters. The van der Waals surface area contributed by atoms with Gasteiger partial charge in [0.1, 0.15) is 15.5 Å². The van der Waals surface area contributed by atoms with Gasteiger partial charge >= 0.3 is 5.97 Å². The number of aromatic carboxylic acids is 1. The predicted molar refractivity (Wildman–Crippen MR) is 70.2 cm³/mol. The highest BCUT2D eigenvalue weighted by Gasteiger charge is 2.40. The zero-order chi connectivity index (χ0) is 13.2. The third-order valence-electron chi connectivity index (χ3n) is 3.45. The number of aryl methyl sites for hydroxylation is 1.